The molecular weight excluding hydrogens is 422 g/mol. The Hall–Kier alpha value is -2.72. The molecular formula is C21H27N3O6S. The number of piperidine rings is 1. The van der Waals surface area contributed by atoms with Gasteiger partial charge in [-0.25, -0.2) is 13.2 Å². The maximum absolute atomic E-state index is 13.0. The molecule has 0 aliphatic carbocycles. The number of aryl methyl sites for hydroxylation is 2. The summed E-state index contributed by atoms with van der Waals surface area (Å²) >= 11 is 0. The third-order valence-corrected chi connectivity index (χ3v) is 7.16. The molecule has 2 heterocycles. The van der Waals surface area contributed by atoms with Gasteiger partial charge in [-0.2, -0.15) is 4.31 Å². The molecule has 9 nitrogen and oxygen atoms in total. The lowest BCUT2D eigenvalue weighted by atomic mass is 9.98. The van der Waals surface area contributed by atoms with E-state index in [0.717, 1.165) is 0 Å². The third kappa shape index (κ3) is 5.13. The van der Waals surface area contributed by atoms with Gasteiger partial charge in [0.2, 0.25) is 15.9 Å². The monoisotopic (exact) mass is 449 g/mol. The van der Waals surface area contributed by atoms with Crippen LogP contribution in [0.3, 0.4) is 0 Å². The lowest BCUT2D eigenvalue weighted by Gasteiger charge is -2.31. The topological polar surface area (TPSA) is 119 Å². The summed E-state index contributed by atoms with van der Waals surface area (Å²) in [4.78, 5) is 24.8. The Balaban J connectivity index is 1.67. The van der Waals surface area contributed by atoms with Crippen molar-refractivity contribution in [2.45, 2.75) is 51.5 Å². The summed E-state index contributed by atoms with van der Waals surface area (Å²) in [6.45, 7) is 7.09. The number of aromatic nitrogens is 1. The fraction of sp³-hybridized carbons (Fsp3) is 0.476. The van der Waals surface area contributed by atoms with Crippen LogP contribution in [0.25, 0.3) is 0 Å². The first kappa shape index (κ1) is 23.0. The van der Waals surface area contributed by atoms with Crippen LogP contribution < -0.4 is 5.32 Å². The lowest BCUT2D eigenvalue weighted by Crippen LogP contribution is -2.43. The van der Waals surface area contributed by atoms with E-state index in [9.17, 15) is 18.0 Å². The molecule has 1 atom stereocenters. The number of nitrogens with zero attached hydrogens (tertiary/aromatic N) is 2. The van der Waals surface area contributed by atoms with Gasteiger partial charge < -0.3 is 14.6 Å². The van der Waals surface area contributed by atoms with Gasteiger partial charge in [-0.3, -0.25) is 4.79 Å². The number of nitrogens with one attached hydrogen (secondary N) is 1. The predicted octanol–water partition coefficient (Wildman–Crippen LogP) is 2.90. The average Bonchev–Trinajstić information content (AvgIpc) is 3.07. The Morgan fingerprint density at radius 2 is 1.90 bits per heavy atom. The van der Waals surface area contributed by atoms with Crippen molar-refractivity contribution in [2.75, 3.05) is 18.4 Å². The zero-order chi connectivity index (χ0) is 22.8. The minimum absolute atomic E-state index is 0.0671. The fourth-order valence-corrected chi connectivity index (χ4v) is 5.38. The van der Waals surface area contributed by atoms with Gasteiger partial charge in [-0.05, 0) is 64.8 Å². The molecule has 0 saturated carbocycles. The second-order valence-corrected chi connectivity index (χ2v) is 9.75. The molecule has 0 radical (unpaired) electrons. The number of carbonyl (C=O) groups excluding carboxylic acids is 2. The van der Waals surface area contributed by atoms with Crippen molar-refractivity contribution in [2.24, 2.45) is 5.92 Å². The summed E-state index contributed by atoms with van der Waals surface area (Å²) in [5.74, 6) is -0.953. The molecule has 3 rings (SSSR count). The molecule has 1 fully saturated rings. The quantitative estimate of drug-likeness (QED) is 0.674. The Morgan fingerprint density at radius 3 is 2.48 bits per heavy atom. The van der Waals surface area contributed by atoms with Crippen molar-refractivity contribution in [3.8, 4) is 0 Å². The van der Waals surface area contributed by atoms with Crippen LogP contribution >= 0.6 is 0 Å². The van der Waals surface area contributed by atoms with Crippen LogP contribution in [0.2, 0.25) is 0 Å². The zero-order valence-electron chi connectivity index (χ0n) is 18.0. The number of hydrogen-bond acceptors (Lipinski definition) is 7. The number of carbonyl (C=O) groups is 2. The van der Waals surface area contributed by atoms with Crippen molar-refractivity contribution in [1.29, 1.82) is 0 Å². The molecule has 1 aromatic heterocycles. The van der Waals surface area contributed by atoms with Crippen molar-refractivity contribution in [3.05, 3.63) is 41.3 Å². The number of esters is 1. The van der Waals surface area contributed by atoms with Gasteiger partial charge >= 0.3 is 5.97 Å². The highest BCUT2D eigenvalue weighted by Gasteiger charge is 2.36. The van der Waals surface area contributed by atoms with Gasteiger partial charge in [0, 0.05) is 18.8 Å². The molecule has 1 unspecified atom stereocenters. The van der Waals surface area contributed by atoms with Gasteiger partial charge in [-0.1, -0.05) is 5.16 Å². The molecule has 2 aromatic rings. The largest absolute Gasteiger partial charge is 0.459 e. The Labute approximate surface area is 181 Å². The summed E-state index contributed by atoms with van der Waals surface area (Å²) in [5.41, 5.74) is 1.22. The van der Waals surface area contributed by atoms with Crippen molar-refractivity contribution in [3.63, 3.8) is 0 Å². The fourth-order valence-electron chi connectivity index (χ4n) is 3.56. The molecule has 1 saturated heterocycles. The van der Waals surface area contributed by atoms with E-state index in [4.69, 9.17) is 9.26 Å². The van der Waals surface area contributed by atoms with Gasteiger partial charge in [0.25, 0.3) is 0 Å². The van der Waals surface area contributed by atoms with Gasteiger partial charge in [-0.15, -0.1) is 0 Å². The SMILES string of the molecule is Cc1noc(C)c1S(=O)(=O)N1CCCC(C(=O)Nc2ccc(C(=O)OC(C)C)cc2)C1. The van der Waals surface area contributed by atoms with E-state index in [1.807, 2.05) is 0 Å². The molecule has 1 amide bonds. The number of benzene rings is 1. The van der Waals surface area contributed by atoms with Crippen LogP contribution in [0.5, 0.6) is 0 Å². The van der Waals surface area contributed by atoms with Crippen LogP contribution in [0.15, 0.2) is 33.7 Å². The number of rotatable bonds is 6. The Kier molecular flexibility index (Phi) is 6.80. The molecule has 0 spiro atoms. The summed E-state index contributed by atoms with van der Waals surface area (Å²) in [7, 11) is -3.80. The highest BCUT2D eigenvalue weighted by atomic mass is 32.2. The number of ether oxygens (including phenoxy) is 1. The predicted molar refractivity (Wildman–Crippen MR) is 113 cm³/mol. The minimum atomic E-state index is -3.80. The molecule has 0 bridgehead atoms. The van der Waals surface area contributed by atoms with E-state index in [-0.39, 0.29) is 29.2 Å². The molecule has 31 heavy (non-hydrogen) atoms. The molecule has 1 aliphatic rings. The standard InChI is InChI=1S/C21H27N3O6S/c1-13(2)29-21(26)16-7-9-18(10-8-16)22-20(25)17-6-5-11-24(12-17)31(27,28)19-14(3)23-30-15(19)4/h7-10,13,17H,5-6,11-12H2,1-4H3,(H,22,25). The summed E-state index contributed by atoms with van der Waals surface area (Å²) in [6.07, 6.45) is 0.932. The van der Waals surface area contributed by atoms with Crippen LogP contribution in [0.4, 0.5) is 5.69 Å². The first-order chi connectivity index (χ1) is 14.6. The second-order valence-electron chi connectivity index (χ2n) is 7.88. The maximum Gasteiger partial charge on any atom is 0.338 e. The maximum atomic E-state index is 13.0. The van der Waals surface area contributed by atoms with E-state index in [1.165, 1.54) is 4.31 Å². The van der Waals surface area contributed by atoms with Crippen molar-refractivity contribution < 1.29 is 27.3 Å². The minimum Gasteiger partial charge on any atom is -0.459 e. The first-order valence-electron chi connectivity index (χ1n) is 10.1. The van der Waals surface area contributed by atoms with Crippen molar-refractivity contribution >= 4 is 27.6 Å². The number of sulfonamides is 1. The smallest absolute Gasteiger partial charge is 0.338 e. The highest BCUT2D eigenvalue weighted by molar-refractivity contribution is 7.89. The zero-order valence-corrected chi connectivity index (χ0v) is 18.9. The number of anilines is 1. The summed E-state index contributed by atoms with van der Waals surface area (Å²) in [6, 6.07) is 6.40. The second kappa shape index (κ2) is 9.19. The summed E-state index contributed by atoms with van der Waals surface area (Å²) in [5, 5.41) is 6.53. The highest BCUT2D eigenvalue weighted by Crippen LogP contribution is 2.28. The van der Waals surface area contributed by atoms with Gasteiger partial charge in [0.15, 0.2) is 5.76 Å². The van der Waals surface area contributed by atoms with Gasteiger partial charge in [0.1, 0.15) is 10.6 Å². The molecule has 1 aliphatic heterocycles. The average molecular weight is 450 g/mol. The molecule has 1 aromatic carbocycles. The van der Waals surface area contributed by atoms with E-state index in [1.54, 1.807) is 52.0 Å². The van der Waals surface area contributed by atoms with Crippen LogP contribution in [0, 0.1) is 19.8 Å². The first-order valence-corrected chi connectivity index (χ1v) is 11.6. The lowest BCUT2D eigenvalue weighted by molar-refractivity contribution is -0.120. The Morgan fingerprint density at radius 1 is 1.23 bits per heavy atom. The molecule has 10 heteroatoms. The van der Waals surface area contributed by atoms with Crippen molar-refractivity contribution in [1.82, 2.24) is 9.46 Å². The summed E-state index contributed by atoms with van der Waals surface area (Å²) < 4.78 is 37.6. The van der Waals surface area contributed by atoms with Crippen LogP contribution in [0.1, 0.15) is 48.5 Å². The van der Waals surface area contributed by atoms with E-state index < -0.39 is 21.9 Å². The molecule has 168 valence electrons. The normalized spacial score (nSPS) is 17.5. The molecule has 1 N–H and O–H groups in total. The third-order valence-electron chi connectivity index (χ3n) is 5.05. The van der Waals surface area contributed by atoms with E-state index in [0.29, 0.717) is 36.3 Å². The van der Waals surface area contributed by atoms with Crippen LogP contribution in [-0.2, 0) is 19.6 Å². The van der Waals surface area contributed by atoms with E-state index >= 15 is 0 Å². The van der Waals surface area contributed by atoms with E-state index in [2.05, 4.69) is 10.5 Å². The number of hydrogen-bond donors (Lipinski definition) is 1. The Bertz CT molecular complexity index is 1040. The van der Waals surface area contributed by atoms with Gasteiger partial charge in [0.05, 0.1) is 17.6 Å². The van der Waals surface area contributed by atoms with Crippen LogP contribution in [-0.4, -0.2) is 48.9 Å². The number of amides is 1.